The average molecular weight is 251 g/mol. The van der Waals surface area contributed by atoms with Crippen LogP contribution in [-0.2, 0) is 9.31 Å². The van der Waals surface area contributed by atoms with Gasteiger partial charge in [-0.2, -0.15) is 0 Å². The topological polar surface area (TPSA) is 18.5 Å². The second kappa shape index (κ2) is 2.74. The van der Waals surface area contributed by atoms with Gasteiger partial charge in [0.25, 0.3) is 0 Å². The normalized spacial score (nSPS) is 60.5. The maximum Gasteiger partial charge on any atom is 0.462 e. The van der Waals surface area contributed by atoms with E-state index in [0.29, 0.717) is 0 Å². The first-order chi connectivity index (χ1) is 7.31. The van der Waals surface area contributed by atoms with Crippen LogP contribution in [0.2, 0.25) is 5.79 Å². The largest absolute Gasteiger partial charge is 0.462 e. The van der Waals surface area contributed by atoms with Gasteiger partial charge in [-0.25, -0.2) is 0 Å². The Kier molecular flexibility index (Phi) is 1.29. The smallest absolute Gasteiger partial charge is 0.403 e. The summed E-state index contributed by atoms with van der Waals surface area (Å²) >= 11 is 2.96. The third-order valence-corrected chi connectivity index (χ3v) is 3.53. The highest BCUT2D eigenvalue weighted by atomic mass is 79.9. The minimum Gasteiger partial charge on any atom is -0.403 e. The van der Waals surface area contributed by atoms with E-state index in [9.17, 15) is 0 Å². The molecule has 2 unspecified atom stereocenters. The van der Waals surface area contributed by atoms with Crippen LogP contribution >= 0.6 is 15.9 Å². The molecule has 0 N–H and O–H groups in total. The molecular formula is C9H16BBrO2. The van der Waals surface area contributed by atoms with Gasteiger partial charge < -0.3 is 9.31 Å². The van der Waals surface area contributed by atoms with Crippen molar-refractivity contribution in [2.24, 2.45) is 0 Å². The number of rotatable bonds is 1. The zero-order chi connectivity index (χ0) is 13.5. The summed E-state index contributed by atoms with van der Waals surface area (Å²) in [7, 11) is -1.04. The van der Waals surface area contributed by atoms with Crippen LogP contribution in [0, 0.1) is 0 Å². The quantitative estimate of drug-likeness (QED) is 0.526. The Morgan fingerprint density at radius 3 is 2.08 bits per heavy atom. The zero-order valence-electron chi connectivity index (χ0n) is 12.3. The van der Waals surface area contributed by atoms with Gasteiger partial charge in [-0.1, -0.05) is 15.9 Å². The summed E-state index contributed by atoms with van der Waals surface area (Å²) in [6.07, 6.45) is -2.00. The van der Waals surface area contributed by atoms with Gasteiger partial charge in [0.1, 0.15) is 0 Å². The Morgan fingerprint density at radius 2 is 1.77 bits per heavy atom. The number of halogens is 1. The SMILES string of the molecule is [2H]C1([2H])C([2H])(Br)C1([2H])B1OC(C)(C)C(C)(C)O1. The van der Waals surface area contributed by atoms with Crippen molar-refractivity contribution in [3.8, 4) is 0 Å². The summed E-state index contributed by atoms with van der Waals surface area (Å²) in [5.41, 5.74) is -1.24. The predicted molar refractivity (Wildman–Crippen MR) is 57.2 cm³/mol. The van der Waals surface area contributed by atoms with E-state index in [4.69, 9.17) is 14.8 Å². The van der Waals surface area contributed by atoms with Crippen LogP contribution in [0.5, 0.6) is 0 Å². The van der Waals surface area contributed by atoms with Crippen molar-refractivity contribution in [1.82, 2.24) is 0 Å². The summed E-state index contributed by atoms with van der Waals surface area (Å²) < 4.78 is 42.7. The first kappa shape index (κ1) is 6.14. The van der Waals surface area contributed by atoms with Crippen LogP contribution in [0.15, 0.2) is 0 Å². The lowest BCUT2D eigenvalue weighted by molar-refractivity contribution is 0.00578. The molecule has 13 heavy (non-hydrogen) atoms. The molecule has 0 aromatic heterocycles. The highest BCUT2D eigenvalue weighted by Gasteiger charge is 2.59. The van der Waals surface area contributed by atoms with Gasteiger partial charge in [0, 0.05) is 16.1 Å². The molecule has 0 bridgehead atoms. The lowest BCUT2D eigenvalue weighted by atomic mass is 9.82. The van der Waals surface area contributed by atoms with Gasteiger partial charge in [-0.15, -0.1) is 0 Å². The molecule has 1 saturated carbocycles. The van der Waals surface area contributed by atoms with Crippen LogP contribution in [0.25, 0.3) is 0 Å². The lowest BCUT2D eigenvalue weighted by Crippen LogP contribution is -2.41. The van der Waals surface area contributed by atoms with Gasteiger partial charge in [-0.05, 0) is 34.1 Å². The van der Waals surface area contributed by atoms with E-state index in [1.807, 2.05) is 27.7 Å². The second-order valence-corrected chi connectivity index (χ2v) is 5.23. The summed E-state index contributed by atoms with van der Waals surface area (Å²) in [6, 6.07) is 0. The Balaban J connectivity index is 2.30. The van der Waals surface area contributed by atoms with Crippen molar-refractivity contribution >= 4 is 23.0 Å². The van der Waals surface area contributed by atoms with Gasteiger partial charge in [-0.3, -0.25) is 0 Å². The molecule has 1 aliphatic carbocycles. The standard InChI is InChI=1S/C9H16BBrO2/c1-8(2)9(3,4)13-10(12-8)6-5-7(6)11/h6-7H,5H2,1-4H3/i5D2,6D,7D. The summed E-state index contributed by atoms with van der Waals surface area (Å²) in [5.74, 6) is -1.74. The van der Waals surface area contributed by atoms with Crippen LogP contribution < -0.4 is 0 Å². The number of hydrogen-bond acceptors (Lipinski definition) is 2. The molecule has 1 heterocycles. The maximum atomic E-state index is 8.14. The Labute approximate surface area is 94.3 Å². The van der Waals surface area contributed by atoms with E-state index in [1.165, 1.54) is 0 Å². The van der Waals surface area contributed by atoms with Crippen LogP contribution in [0.4, 0.5) is 0 Å². The predicted octanol–water partition coefficient (Wildman–Crippen LogP) is 2.62. The van der Waals surface area contributed by atoms with E-state index in [0.717, 1.165) is 0 Å². The first-order valence-electron chi connectivity index (χ1n) is 6.36. The molecule has 2 aliphatic rings. The second-order valence-electron chi connectivity index (χ2n) is 4.44. The molecule has 2 rings (SSSR count). The maximum absolute atomic E-state index is 8.14. The molecule has 2 atom stereocenters. The van der Waals surface area contributed by atoms with Crippen molar-refractivity contribution in [3.63, 3.8) is 0 Å². The molecule has 2 nitrogen and oxygen atoms in total. The lowest BCUT2D eigenvalue weighted by Gasteiger charge is -2.32. The van der Waals surface area contributed by atoms with Gasteiger partial charge in [0.15, 0.2) is 0 Å². The molecule has 0 aromatic carbocycles. The fraction of sp³-hybridized carbons (Fsp3) is 1.00. The third kappa shape index (κ3) is 1.57. The molecule has 1 aliphatic heterocycles. The van der Waals surface area contributed by atoms with E-state index >= 15 is 0 Å². The fourth-order valence-corrected chi connectivity index (χ4v) is 1.61. The van der Waals surface area contributed by atoms with Crippen molar-refractivity contribution in [3.05, 3.63) is 0 Å². The number of alkyl halides is 1. The highest BCUT2D eigenvalue weighted by Crippen LogP contribution is 2.52. The Hall–Kier alpha value is 0.465. The number of hydrogen-bond donors (Lipinski definition) is 0. The van der Waals surface area contributed by atoms with Crippen LogP contribution in [0.3, 0.4) is 0 Å². The molecular weight excluding hydrogens is 231 g/mol. The minimum atomic E-state index is -2.00. The van der Waals surface area contributed by atoms with E-state index in [1.54, 1.807) is 0 Å². The molecule has 2 fully saturated rings. The Morgan fingerprint density at radius 1 is 1.38 bits per heavy atom. The van der Waals surface area contributed by atoms with E-state index < -0.39 is 35.3 Å². The van der Waals surface area contributed by atoms with E-state index in [2.05, 4.69) is 15.9 Å². The average Bonchev–Trinajstić information content (AvgIpc) is 2.33. The summed E-state index contributed by atoms with van der Waals surface area (Å²) in [5, 5.41) is 0. The van der Waals surface area contributed by atoms with Crippen molar-refractivity contribution < 1.29 is 14.8 Å². The molecule has 0 amide bonds. The Bertz CT molecular complexity index is 342. The van der Waals surface area contributed by atoms with Crippen LogP contribution in [-0.4, -0.2) is 23.1 Å². The minimum absolute atomic E-state index is 0.618. The molecule has 1 saturated heterocycles. The van der Waals surface area contributed by atoms with Crippen molar-refractivity contribution in [2.75, 3.05) is 0 Å². The fourth-order valence-electron chi connectivity index (χ4n) is 1.21. The van der Waals surface area contributed by atoms with E-state index in [-0.39, 0.29) is 0 Å². The third-order valence-electron chi connectivity index (χ3n) is 2.91. The van der Waals surface area contributed by atoms with Gasteiger partial charge in [0.2, 0.25) is 0 Å². The van der Waals surface area contributed by atoms with Crippen LogP contribution in [0.1, 0.15) is 39.6 Å². The molecule has 0 spiro atoms. The van der Waals surface area contributed by atoms with Gasteiger partial charge in [0.05, 0.1) is 11.2 Å². The zero-order valence-corrected chi connectivity index (χ0v) is 9.86. The monoisotopic (exact) mass is 250 g/mol. The molecule has 0 aromatic rings. The molecule has 74 valence electrons. The van der Waals surface area contributed by atoms with Gasteiger partial charge >= 0.3 is 7.12 Å². The first-order valence-corrected chi connectivity index (χ1v) is 5.15. The summed E-state index contributed by atoms with van der Waals surface area (Å²) in [4.78, 5) is -1.69. The summed E-state index contributed by atoms with van der Waals surface area (Å²) in [6.45, 7) is 7.37. The highest BCUT2D eigenvalue weighted by molar-refractivity contribution is 9.09. The van der Waals surface area contributed by atoms with Crippen molar-refractivity contribution in [2.45, 2.75) is 55.9 Å². The molecule has 4 heteroatoms. The van der Waals surface area contributed by atoms with Crippen molar-refractivity contribution in [1.29, 1.82) is 0 Å². The molecule has 0 radical (unpaired) electrons.